The van der Waals surface area contributed by atoms with Crippen LogP contribution in [0.15, 0.2) is 16.7 Å². The maximum atomic E-state index is 5.52. The lowest BCUT2D eigenvalue weighted by molar-refractivity contribution is 0.0553. The number of furan rings is 1. The van der Waals surface area contributed by atoms with Crippen LogP contribution < -0.4 is 5.32 Å². The summed E-state index contributed by atoms with van der Waals surface area (Å²) in [7, 11) is 4.17. The van der Waals surface area contributed by atoms with E-state index >= 15 is 0 Å². The first-order chi connectivity index (χ1) is 8.61. The first-order valence-corrected chi connectivity index (χ1v) is 6.76. The van der Waals surface area contributed by atoms with E-state index < -0.39 is 0 Å². The molecular weight excluding hydrogens is 226 g/mol. The summed E-state index contributed by atoms with van der Waals surface area (Å²) in [4.78, 5) is 4.99. The van der Waals surface area contributed by atoms with Crippen molar-refractivity contribution in [2.24, 2.45) is 0 Å². The monoisotopic (exact) mass is 251 g/mol. The molecule has 2 heterocycles. The standard InChI is InChI=1S/C14H25N3O/c1-11-8-17(9-12(2)16(11)4)10-13-5-6-18-14(13)7-15-3/h5-6,11-12,15H,7-10H2,1-4H3. The Morgan fingerprint density at radius 3 is 2.61 bits per heavy atom. The van der Waals surface area contributed by atoms with Gasteiger partial charge in [-0.3, -0.25) is 9.80 Å². The van der Waals surface area contributed by atoms with Crippen LogP contribution in [0.5, 0.6) is 0 Å². The van der Waals surface area contributed by atoms with E-state index in [1.54, 1.807) is 6.26 Å². The van der Waals surface area contributed by atoms with Gasteiger partial charge in [-0.05, 0) is 34.0 Å². The van der Waals surface area contributed by atoms with E-state index in [0.717, 1.165) is 31.9 Å². The van der Waals surface area contributed by atoms with Crippen LogP contribution in [0.3, 0.4) is 0 Å². The van der Waals surface area contributed by atoms with Gasteiger partial charge in [-0.15, -0.1) is 0 Å². The summed E-state index contributed by atoms with van der Waals surface area (Å²) in [6.45, 7) is 8.66. The Balaban J connectivity index is 1.99. The summed E-state index contributed by atoms with van der Waals surface area (Å²) in [6.07, 6.45) is 1.80. The van der Waals surface area contributed by atoms with Crippen LogP contribution in [0.1, 0.15) is 25.2 Å². The minimum absolute atomic E-state index is 0.619. The average Bonchev–Trinajstić information content (AvgIpc) is 2.74. The van der Waals surface area contributed by atoms with Crippen molar-refractivity contribution in [1.82, 2.24) is 15.1 Å². The third-order valence-electron chi connectivity index (χ3n) is 4.00. The molecule has 0 saturated carbocycles. The zero-order valence-corrected chi connectivity index (χ0v) is 11.9. The number of hydrogen-bond acceptors (Lipinski definition) is 4. The quantitative estimate of drug-likeness (QED) is 0.879. The molecule has 1 aromatic rings. The highest BCUT2D eigenvalue weighted by atomic mass is 16.3. The fourth-order valence-electron chi connectivity index (χ4n) is 2.71. The number of nitrogens with one attached hydrogen (secondary N) is 1. The molecular formula is C14H25N3O. The van der Waals surface area contributed by atoms with Gasteiger partial charge in [-0.2, -0.15) is 0 Å². The normalized spacial score (nSPS) is 26.7. The van der Waals surface area contributed by atoms with Gasteiger partial charge < -0.3 is 9.73 Å². The molecule has 0 amide bonds. The van der Waals surface area contributed by atoms with Gasteiger partial charge in [0.1, 0.15) is 5.76 Å². The highest BCUT2D eigenvalue weighted by Crippen LogP contribution is 2.18. The maximum absolute atomic E-state index is 5.52. The molecule has 4 heteroatoms. The van der Waals surface area contributed by atoms with Crippen molar-refractivity contribution in [3.63, 3.8) is 0 Å². The van der Waals surface area contributed by atoms with Gasteiger partial charge in [-0.1, -0.05) is 0 Å². The Kier molecular flexibility index (Phi) is 4.43. The Morgan fingerprint density at radius 2 is 2.00 bits per heavy atom. The molecule has 0 bridgehead atoms. The second-order valence-corrected chi connectivity index (χ2v) is 5.46. The smallest absolute Gasteiger partial charge is 0.122 e. The van der Waals surface area contributed by atoms with Crippen LogP contribution in [-0.2, 0) is 13.1 Å². The van der Waals surface area contributed by atoms with Gasteiger partial charge in [0.05, 0.1) is 12.8 Å². The van der Waals surface area contributed by atoms with Crippen LogP contribution in [0.25, 0.3) is 0 Å². The first kappa shape index (κ1) is 13.6. The third kappa shape index (κ3) is 2.94. The summed E-state index contributed by atoms with van der Waals surface area (Å²) in [5, 5.41) is 3.15. The molecule has 0 radical (unpaired) electrons. The van der Waals surface area contributed by atoms with E-state index in [1.165, 1.54) is 5.56 Å². The van der Waals surface area contributed by atoms with Crippen molar-refractivity contribution in [3.05, 3.63) is 23.7 Å². The van der Waals surface area contributed by atoms with Crippen molar-refractivity contribution in [2.45, 2.75) is 39.0 Å². The number of nitrogens with zero attached hydrogens (tertiary/aromatic N) is 2. The molecule has 1 N–H and O–H groups in total. The lowest BCUT2D eigenvalue weighted by Gasteiger charge is -2.42. The van der Waals surface area contributed by atoms with Crippen LogP contribution in [0, 0.1) is 0 Å². The number of piperazine rings is 1. The van der Waals surface area contributed by atoms with Gasteiger partial charge in [0.25, 0.3) is 0 Å². The summed E-state index contributed by atoms with van der Waals surface area (Å²) in [5.41, 5.74) is 1.31. The van der Waals surface area contributed by atoms with E-state index in [9.17, 15) is 0 Å². The second-order valence-electron chi connectivity index (χ2n) is 5.46. The zero-order valence-electron chi connectivity index (χ0n) is 11.9. The molecule has 1 saturated heterocycles. The van der Waals surface area contributed by atoms with Crippen LogP contribution in [0.2, 0.25) is 0 Å². The van der Waals surface area contributed by atoms with Gasteiger partial charge >= 0.3 is 0 Å². The van der Waals surface area contributed by atoms with Crippen LogP contribution >= 0.6 is 0 Å². The molecule has 1 aliphatic rings. The molecule has 2 unspecified atom stereocenters. The van der Waals surface area contributed by atoms with E-state index in [1.807, 2.05) is 7.05 Å². The molecule has 2 rings (SSSR count). The average molecular weight is 251 g/mol. The van der Waals surface area contributed by atoms with E-state index in [-0.39, 0.29) is 0 Å². The second kappa shape index (κ2) is 5.87. The van der Waals surface area contributed by atoms with Crippen LogP contribution in [0.4, 0.5) is 0 Å². The van der Waals surface area contributed by atoms with Gasteiger partial charge in [0.15, 0.2) is 0 Å². The van der Waals surface area contributed by atoms with Gasteiger partial charge in [0.2, 0.25) is 0 Å². The third-order valence-corrected chi connectivity index (χ3v) is 4.00. The summed E-state index contributed by atoms with van der Waals surface area (Å²) in [5.74, 6) is 1.07. The fourth-order valence-corrected chi connectivity index (χ4v) is 2.71. The van der Waals surface area contributed by atoms with Crippen molar-refractivity contribution >= 4 is 0 Å². The Bertz CT molecular complexity index is 365. The van der Waals surface area contributed by atoms with Gasteiger partial charge in [-0.25, -0.2) is 0 Å². The Hall–Kier alpha value is -0.840. The molecule has 0 aromatic carbocycles. The summed E-state index contributed by atoms with van der Waals surface area (Å²) < 4.78 is 5.52. The molecule has 2 atom stereocenters. The SMILES string of the molecule is CNCc1occc1CN1CC(C)N(C)C(C)C1. The fraction of sp³-hybridized carbons (Fsp3) is 0.714. The highest BCUT2D eigenvalue weighted by Gasteiger charge is 2.26. The summed E-state index contributed by atoms with van der Waals surface area (Å²) in [6, 6.07) is 3.34. The number of hydrogen-bond donors (Lipinski definition) is 1. The van der Waals surface area contributed by atoms with Crippen molar-refractivity contribution in [3.8, 4) is 0 Å². The number of likely N-dealkylation sites (N-methyl/N-ethyl adjacent to an activating group) is 1. The zero-order chi connectivity index (χ0) is 13.1. The maximum Gasteiger partial charge on any atom is 0.122 e. The molecule has 18 heavy (non-hydrogen) atoms. The van der Waals surface area contributed by atoms with Crippen molar-refractivity contribution < 1.29 is 4.42 Å². The minimum Gasteiger partial charge on any atom is -0.468 e. The minimum atomic E-state index is 0.619. The predicted octanol–water partition coefficient (Wildman–Crippen LogP) is 1.52. The molecule has 0 aliphatic carbocycles. The number of rotatable bonds is 4. The first-order valence-electron chi connectivity index (χ1n) is 6.76. The molecule has 1 aliphatic heterocycles. The van der Waals surface area contributed by atoms with Gasteiger partial charge in [0, 0.05) is 37.3 Å². The molecule has 1 fully saturated rings. The summed E-state index contributed by atoms with van der Waals surface area (Å²) >= 11 is 0. The Labute approximate surface area is 110 Å². The predicted molar refractivity (Wildman–Crippen MR) is 73.4 cm³/mol. The lowest BCUT2D eigenvalue weighted by Crippen LogP contribution is -2.54. The van der Waals surface area contributed by atoms with Crippen molar-refractivity contribution in [1.29, 1.82) is 0 Å². The van der Waals surface area contributed by atoms with Crippen molar-refractivity contribution in [2.75, 3.05) is 27.2 Å². The van der Waals surface area contributed by atoms with E-state index in [2.05, 4.69) is 42.1 Å². The topological polar surface area (TPSA) is 31.7 Å². The molecule has 102 valence electrons. The van der Waals surface area contributed by atoms with E-state index in [0.29, 0.717) is 12.1 Å². The molecule has 1 aromatic heterocycles. The Morgan fingerprint density at radius 1 is 1.33 bits per heavy atom. The largest absolute Gasteiger partial charge is 0.468 e. The molecule has 4 nitrogen and oxygen atoms in total. The lowest BCUT2D eigenvalue weighted by atomic mass is 10.1. The molecule has 0 spiro atoms. The highest BCUT2D eigenvalue weighted by molar-refractivity contribution is 5.17. The van der Waals surface area contributed by atoms with Crippen LogP contribution in [-0.4, -0.2) is 49.1 Å². The van der Waals surface area contributed by atoms with E-state index in [4.69, 9.17) is 4.42 Å².